The standard InChI is InChI=1S/C13H15BN2O3/c1-10-7-15(2)8-13(10)16(9-17)12-6-4-3-5-11(12)14(18)19/h3-9,18-19H,1-2H3. The van der Waals surface area contributed by atoms with Gasteiger partial charge in [-0.3, -0.25) is 9.69 Å². The van der Waals surface area contributed by atoms with E-state index in [0.717, 1.165) is 5.56 Å². The van der Waals surface area contributed by atoms with Crippen LogP contribution in [0.4, 0.5) is 11.4 Å². The molecule has 0 aliphatic carbocycles. The normalized spacial score (nSPS) is 10.3. The molecule has 2 rings (SSSR count). The lowest BCUT2D eigenvalue weighted by atomic mass is 9.78. The number of carbonyl (C=O) groups is 1. The molecule has 1 amide bonds. The molecule has 1 aromatic carbocycles. The summed E-state index contributed by atoms with van der Waals surface area (Å²) in [4.78, 5) is 12.8. The van der Waals surface area contributed by atoms with E-state index in [9.17, 15) is 14.8 Å². The number of hydrogen-bond acceptors (Lipinski definition) is 3. The smallest absolute Gasteiger partial charge is 0.423 e. The van der Waals surface area contributed by atoms with Crippen molar-refractivity contribution in [2.24, 2.45) is 7.05 Å². The van der Waals surface area contributed by atoms with E-state index in [4.69, 9.17) is 0 Å². The lowest BCUT2D eigenvalue weighted by Gasteiger charge is -2.20. The van der Waals surface area contributed by atoms with Crippen LogP contribution >= 0.6 is 0 Å². The van der Waals surface area contributed by atoms with Gasteiger partial charge in [0.2, 0.25) is 6.41 Å². The Labute approximate surface area is 111 Å². The van der Waals surface area contributed by atoms with Crippen LogP contribution in [0.25, 0.3) is 0 Å². The molecule has 0 radical (unpaired) electrons. The van der Waals surface area contributed by atoms with Gasteiger partial charge in [-0.05, 0) is 18.6 Å². The predicted molar refractivity (Wildman–Crippen MR) is 74.6 cm³/mol. The Morgan fingerprint density at radius 3 is 2.42 bits per heavy atom. The van der Waals surface area contributed by atoms with Gasteiger partial charge in [0, 0.05) is 30.6 Å². The van der Waals surface area contributed by atoms with Crippen LogP contribution in [-0.4, -0.2) is 28.1 Å². The molecule has 0 aliphatic heterocycles. The number of nitrogens with zero attached hydrogens (tertiary/aromatic N) is 2. The molecule has 0 saturated carbocycles. The third-order valence-corrected chi connectivity index (χ3v) is 2.97. The molecule has 2 aromatic rings. The summed E-state index contributed by atoms with van der Waals surface area (Å²) in [5.74, 6) is 0. The van der Waals surface area contributed by atoms with E-state index in [0.29, 0.717) is 17.8 Å². The number of aromatic nitrogens is 1. The molecule has 19 heavy (non-hydrogen) atoms. The van der Waals surface area contributed by atoms with Crippen molar-refractivity contribution in [2.75, 3.05) is 4.90 Å². The fourth-order valence-corrected chi connectivity index (χ4v) is 2.12. The SMILES string of the molecule is Cc1cn(C)cc1N(C=O)c1ccccc1B(O)O. The zero-order chi connectivity index (χ0) is 14.0. The Hall–Kier alpha value is -2.05. The fourth-order valence-electron chi connectivity index (χ4n) is 2.12. The molecular formula is C13H15BN2O3. The Kier molecular flexibility index (Phi) is 3.73. The topological polar surface area (TPSA) is 65.7 Å². The second kappa shape index (κ2) is 5.30. The average molecular weight is 258 g/mol. The first-order valence-corrected chi connectivity index (χ1v) is 5.86. The van der Waals surface area contributed by atoms with Crippen molar-refractivity contribution in [1.29, 1.82) is 0 Å². The van der Waals surface area contributed by atoms with Crippen molar-refractivity contribution in [3.05, 3.63) is 42.2 Å². The first-order chi connectivity index (χ1) is 9.04. The van der Waals surface area contributed by atoms with Crippen molar-refractivity contribution in [1.82, 2.24) is 4.57 Å². The van der Waals surface area contributed by atoms with Crippen LogP contribution in [0.1, 0.15) is 5.56 Å². The Morgan fingerprint density at radius 1 is 1.21 bits per heavy atom. The molecule has 1 aromatic heterocycles. The molecule has 5 nitrogen and oxygen atoms in total. The molecule has 0 unspecified atom stereocenters. The summed E-state index contributed by atoms with van der Waals surface area (Å²) in [6, 6.07) is 6.69. The van der Waals surface area contributed by atoms with Crippen molar-refractivity contribution in [3.8, 4) is 0 Å². The Morgan fingerprint density at radius 2 is 1.89 bits per heavy atom. The molecule has 0 atom stereocenters. The van der Waals surface area contributed by atoms with E-state index >= 15 is 0 Å². The van der Waals surface area contributed by atoms with Crippen molar-refractivity contribution < 1.29 is 14.8 Å². The summed E-state index contributed by atoms with van der Waals surface area (Å²) in [5.41, 5.74) is 2.39. The molecule has 98 valence electrons. The molecule has 0 aliphatic rings. The van der Waals surface area contributed by atoms with Crippen LogP contribution in [0.15, 0.2) is 36.7 Å². The summed E-state index contributed by atoms with van der Waals surface area (Å²) in [7, 11) is 0.245. The number of carbonyl (C=O) groups excluding carboxylic acids is 1. The number of anilines is 2. The summed E-state index contributed by atoms with van der Waals surface area (Å²) >= 11 is 0. The van der Waals surface area contributed by atoms with Gasteiger partial charge < -0.3 is 14.6 Å². The molecule has 6 heteroatoms. The van der Waals surface area contributed by atoms with Gasteiger partial charge >= 0.3 is 7.12 Å². The minimum Gasteiger partial charge on any atom is -0.423 e. The summed E-state index contributed by atoms with van der Waals surface area (Å²) in [6.45, 7) is 1.89. The molecule has 2 N–H and O–H groups in total. The second-order valence-corrected chi connectivity index (χ2v) is 4.40. The lowest BCUT2D eigenvalue weighted by molar-refractivity contribution is -0.106. The molecule has 0 saturated heterocycles. The van der Waals surface area contributed by atoms with Gasteiger partial charge in [0.1, 0.15) is 0 Å². The summed E-state index contributed by atoms with van der Waals surface area (Å²) < 4.78 is 1.85. The monoisotopic (exact) mass is 258 g/mol. The fraction of sp³-hybridized carbons (Fsp3) is 0.154. The first kappa shape index (κ1) is 13.4. The number of para-hydroxylation sites is 1. The van der Waals surface area contributed by atoms with Gasteiger partial charge in [0.15, 0.2) is 0 Å². The van der Waals surface area contributed by atoms with Gasteiger partial charge in [-0.25, -0.2) is 0 Å². The second-order valence-electron chi connectivity index (χ2n) is 4.40. The number of hydrogen-bond donors (Lipinski definition) is 2. The highest BCUT2D eigenvalue weighted by molar-refractivity contribution is 6.60. The van der Waals surface area contributed by atoms with E-state index in [1.54, 1.807) is 24.3 Å². The maximum atomic E-state index is 11.4. The zero-order valence-corrected chi connectivity index (χ0v) is 10.8. The van der Waals surface area contributed by atoms with Crippen molar-refractivity contribution in [3.63, 3.8) is 0 Å². The molecule has 0 bridgehead atoms. The van der Waals surface area contributed by atoms with Gasteiger partial charge in [-0.15, -0.1) is 0 Å². The van der Waals surface area contributed by atoms with E-state index < -0.39 is 7.12 Å². The highest BCUT2D eigenvalue weighted by atomic mass is 16.4. The molecular weight excluding hydrogens is 243 g/mol. The van der Waals surface area contributed by atoms with Gasteiger partial charge in [-0.2, -0.15) is 0 Å². The molecule has 0 fully saturated rings. The lowest BCUT2D eigenvalue weighted by Crippen LogP contribution is -2.35. The number of rotatable bonds is 4. The van der Waals surface area contributed by atoms with Crippen LogP contribution < -0.4 is 10.4 Å². The zero-order valence-electron chi connectivity index (χ0n) is 10.8. The quantitative estimate of drug-likeness (QED) is 0.612. The van der Waals surface area contributed by atoms with Crippen LogP contribution in [0.5, 0.6) is 0 Å². The van der Waals surface area contributed by atoms with E-state index in [1.165, 1.54) is 4.90 Å². The van der Waals surface area contributed by atoms with Gasteiger partial charge in [-0.1, -0.05) is 18.2 Å². The highest BCUT2D eigenvalue weighted by Crippen LogP contribution is 2.26. The van der Waals surface area contributed by atoms with Crippen molar-refractivity contribution in [2.45, 2.75) is 6.92 Å². The van der Waals surface area contributed by atoms with Crippen LogP contribution in [0.3, 0.4) is 0 Å². The number of aryl methyl sites for hydroxylation is 2. The Balaban J connectivity index is 2.54. The maximum absolute atomic E-state index is 11.4. The van der Waals surface area contributed by atoms with E-state index in [2.05, 4.69) is 0 Å². The van der Waals surface area contributed by atoms with E-state index in [1.807, 2.05) is 30.9 Å². The van der Waals surface area contributed by atoms with Crippen molar-refractivity contribution >= 4 is 30.4 Å². The van der Waals surface area contributed by atoms with Crippen LogP contribution in [0, 0.1) is 6.92 Å². The maximum Gasteiger partial charge on any atom is 0.490 e. The predicted octanol–water partition coefficient (Wildman–Crippen LogP) is 0.308. The molecule has 0 spiro atoms. The summed E-state index contributed by atoms with van der Waals surface area (Å²) in [5, 5.41) is 18.8. The van der Waals surface area contributed by atoms with E-state index in [-0.39, 0.29) is 5.46 Å². The average Bonchev–Trinajstić information content (AvgIpc) is 2.70. The van der Waals surface area contributed by atoms with Crippen LogP contribution in [0.2, 0.25) is 0 Å². The minimum atomic E-state index is -1.62. The van der Waals surface area contributed by atoms with Gasteiger partial charge in [0.05, 0.1) is 5.69 Å². The third kappa shape index (κ3) is 2.54. The summed E-state index contributed by atoms with van der Waals surface area (Å²) in [6.07, 6.45) is 4.37. The number of benzene rings is 1. The third-order valence-electron chi connectivity index (χ3n) is 2.97. The molecule has 1 heterocycles. The number of amides is 1. The largest absolute Gasteiger partial charge is 0.490 e. The van der Waals surface area contributed by atoms with Crippen LogP contribution in [-0.2, 0) is 11.8 Å². The first-order valence-electron chi connectivity index (χ1n) is 5.86. The highest BCUT2D eigenvalue weighted by Gasteiger charge is 2.21. The van der Waals surface area contributed by atoms with Gasteiger partial charge in [0.25, 0.3) is 0 Å². The minimum absolute atomic E-state index is 0.290. The Bertz CT molecular complexity index is 595.